The molecule has 0 aliphatic heterocycles. The van der Waals surface area contributed by atoms with E-state index < -0.39 is 0 Å². The maximum absolute atomic E-state index is 11.7. The molecule has 0 fully saturated rings. The van der Waals surface area contributed by atoms with Crippen LogP contribution in [-0.2, 0) is 11.2 Å². The normalized spacial score (nSPS) is 10.8. The highest BCUT2D eigenvalue weighted by Gasteiger charge is 1.99. The molecule has 0 atom stereocenters. The summed E-state index contributed by atoms with van der Waals surface area (Å²) < 4.78 is 0. The van der Waals surface area contributed by atoms with E-state index in [4.69, 9.17) is 23.2 Å². The van der Waals surface area contributed by atoms with Gasteiger partial charge in [0.2, 0.25) is 5.91 Å². The van der Waals surface area contributed by atoms with Gasteiger partial charge < -0.3 is 5.32 Å². The fourth-order valence-corrected chi connectivity index (χ4v) is 2.35. The summed E-state index contributed by atoms with van der Waals surface area (Å²) in [6.07, 6.45) is 4.99. The summed E-state index contributed by atoms with van der Waals surface area (Å²) >= 11 is 11.9. The van der Waals surface area contributed by atoms with Crippen molar-refractivity contribution in [3.05, 3.63) is 75.8 Å². The van der Waals surface area contributed by atoms with Gasteiger partial charge in [0, 0.05) is 22.7 Å². The minimum Gasteiger partial charge on any atom is -0.353 e. The van der Waals surface area contributed by atoms with E-state index in [1.165, 1.54) is 6.08 Å². The lowest BCUT2D eigenvalue weighted by molar-refractivity contribution is -0.116. The number of carbonyl (C=O) groups excluding carboxylic acids is 1. The number of nitrogens with one attached hydrogen (secondary N) is 1. The van der Waals surface area contributed by atoms with E-state index in [1.807, 2.05) is 36.4 Å². The van der Waals surface area contributed by atoms with Crippen LogP contribution in [-0.4, -0.2) is 12.5 Å². The summed E-state index contributed by atoms with van der Waals surface area (Å²) in [5, 5.41) is 4.32. The third-order valence-corrected chi connectivity index (χ3v) is 3.80. The number of rotatable bonds is 6. The number of halogens is 2. The number of hydrogen-bond donors (Lipinski definition) is 1. The van der Waals surface area contributed by atoms with Crippen LogP contribution in [0.4, 0.5) is 0 Å². The summed E-state index contributed by atoms with van der Waals surface area (Å²) in [5.41, 5.74) is 2.05. The van der Waals surface area contributed by atoms with Gasteiger partial charge in [-0.3, -0.25) is 4.79 Å². The molecule has 22 heavy (non-hydrogen) atoms. The van der Waals surface area contributed by atoms with Gasteiger partial charge in [-0.05, 0) is 48.2 Å². The Morgan fingerprint density at radius 2 is 1.77 bits per heavy atom. The average Bonchev–Trinajstić information content (AvgIpc) is 2.52. The number of aryl methyl sites for hydroxylation is 1. The second-order valence-corrected chi connectivity index (χ2v) is 5.71. The van der Waals surface area contributed by atoms with Gasteiger partial charge in [-0.2, -0.15) is 0 Å². The molecule has 2 rings (SSSR count). The Hall–Kier alpha value is -1.77. The van der Waals surface area contributed by atoms with Gasteiger partial charge in [0.15, 0.2) is 0 Å². The molecular weight excluding hydrogens is 317 g/mol. The van der Waals surface area contributed by atoms with Crippen molar-refractivity contribution in [2.75, 3.05) is 6.54 Å². The summed E-state index contributed by atoms with van der Waals surface area (Å²) in [5.74, 6) is -0.103. The first-order chi connectivity index (χ1) is 10.6. The fraction of sp³-hybridized carbons (Fsp3) is 0.167. The maximum atomic E-state index is 11.7. The van der Waals surface area contributed by atoms with Gasteiger partial charge in [0.25, 0.3) is 0 Å². The van der Waals surface area contributed by atoms with E-state index in [-0.39, 0.29) is 5.91 Å². The Morgan fingerprint density at radius 3 is 2.50 bits per heavy atom. The molecule has 0 radical (unpaired) electrons. The quantitative estimate of drug-likeness (QED) is 0.599. The lowest BCUT2D eigenvalue weighted by atomic mass is 10.1. The number of hydrogen-bond acceptors (Lipinski definition) is 1. The molecule has 2 nitrogen and oxygen atoms in total. The van der Waals surface area contributed by atoms with Gasteiger partial charge in [0.1, 0.15) is 0 Å². The molecule has 0 unspecified atom stereocenters. The molecule has 4 heteroatoms. The van der Waals surface area contributed by atoms with Crippen molar-refractivity contribution >= 4 is 35.2 Å². The molecule has 0 aromatic heterocycles. The first kappa shape index (κ1) is 16.6. The van der Waals surface area contributed by atoms with Crippen LogP contribution >= 0.6 is 23.2 Å². The fourth-order valence-electron chi connectivity index (χ4n) is 2.00. The van der Waals surface area contributed by atoms with Crippen LogP contribution in [0.25, 0.3) is 6.08 Å². The minimum absolute atomic E-state index is 0.103. The highest BCUT2D eigenvalue weighted by atomic mass is 35.5. The predicted molar refractivity (Wildman–Crippen MR) is 93.3 cm³/mol. The molecular formula is C18H17Cl2NO. The molecule has 114 valence electrons. The van der Waals surface area contributed by atoms with Crippen molar-refractivity contribution in [3.8, 4) is 0 Å². The van der Waals surface area contributed by atoms with Crippen LogP contribution in [0.2, 0.25) is 10.0 Å². The Kier molecular flexibility index (Phi) is 6.50. The lowest BCUT2D eigenvalue weighted by Gasteiger charge is -2.04. The van der Waals surface area contributed by atoms with Crippen molar-refractivity contribution in [1.29, 1.82) is 0 Å². The highest BCUT2D eigenvalue weighted by Crippen LogP contribution is 2.16. The van der Waals surface area contributed by atoms with Crippen LogP contribution in [0.1, 0.15) is 17.5 Å². The molecule has 0 bridgehead atoms. The third kappa shape index (κ3) is 5.55. The Balaban J connectivity index is 1.72. The van der Waals surface area contributed by atoms with E-state index in [2.05, 4.69) is 5.32 Å². The summed E-state index contributed by atoms with van der Waals surface area (Å²) in [4.78, 5) is 11.7. The monoisotopic (exact) mass is 333 g/mol. The van der Waals surface area contributed by atoms with Gasteiger partial charge in [-0.15, -0.1) is 0 Å². The zero-order chi connectivity index (χ0) is 15.8. The Bertz CT molecular complexity index is 650. The van der Waals surface area contributed by atoms with Crippen molar-refractivity contribution in [2.24, 2.45) is 0 Å². The smallest absolute Gasteiger partial charge is 0.243 e. The van der Waals surface area contributed by atoms with Crippen molar-refractivity contribution < 1.29 is 4.79 Å². The highest BCUT2D eigenvalue weighted by molar-refractivity contribution is 6.31. The van der Waals surface area contributed by atoms with E-state index in [9.17, 15) is 4.79 Å². The molecule has 0 aliphatic carbocycles. The standard InChI is InChI=1S/C18H17Cl2NO/c19-16-10-7-14(8-11-16)9-12-18(22)21-13-3-5-15-4-1-2-6-17(15)20/h1-2,4,6-12H,3,5,13H2,(H,21,22)/b12-9+. The van der Waals surface area contributed by atoms with Crippen LogP contribution in [0.15, 0.2) is 54.6 Å². The van der Waals surface area contributed by atoms with E-state index in [0.29, 0.717) is 11.6 Å². The van der Waals surface area contributed by atoms with Gasteiger partial charge in [-0.25, -0.2) is 0 Å². The van der Waals surface area contributed by atoms with E-state index >= 15 is 0 Å². The van der Waals surface area contributed by atoms with Crippen LogP contribution < -0.4 is 5.32 Å². The molecule has 1 amide bonds. The third-order valence-electron chi connectivity index (χ3n) is 3.18. The van der Waals surface area contributed by atoms with Crippen molar-refractivity contribution in [3.63, 3.8) is 0 Å². The second-order valence-electron chi connectivity index (χ2n) is 4.87. The first-order valence-corrected chi connectivity index (χ1v) is 7.85. The zero-order valence-corrected chi connectivity index (χ0v) is 13.6. The summed E-state index contributed by atoms with van der Waals surface area (Å²) in [6.45, 7) is 0.620. The summed E-state index contributed by atoms with van der Waals surface area (Å²) in [7, 11) is 0. The zero-order valence-electron chi connectivity index (χ0n) is 12.1. The molecule has 0 saturated heterocycles. The molecule has 0 aliphatic rings. The first-order valence-electron chi connectivity index (χ1n) is 7.10. The van der Waals surface area contributed by atoms with Crippen LogP contribution in [0.5, 0.6) is 0 Å². The van der Waals surface area contributed by atoms with Gasteiger partial charge in [-0.1, -0.05) is 53.5 Å². The molecule has 2 aromatic rings. The predicted octanol–water partition coefficient (Wildman–Crippen LogP) is 4.76. The van der Waals surface area contributed by atoms with Gasteiger partial charge >= 0.3 is 0 Å². The Labute approximate surface area is 140 Å². The SMILES string of the molecule is O=C(/C=C/c1ccc(Cl)cc1)NCCCc1ccccc1Cl. The average molecular weight is 334 g/mol. The molecule has 0 heterocycles. The van der Waals surface area contributed by atoms with Crippen LogP contribution in [0, 0.1) is 0 Å². The molecule has 2 aromatic carbocycles. The van der Waals surface area contributed by atoms with Crippen molar-refractivity contribution in [2.45, 2.75) is 12.8 Å². The number of carbonyl (C=O) groups is 1. The van der Waals surface area contributed by atoms with Crippen molar-refractivity contribution in [1.82, 2.24) is 5.32 Å². The lowest BCUT2D eigenvalue weighted by Crippen LogP contribution is -2.22. The largest absolute Gasteiger partial charge is 0.353 e. The number of amides is 1. The Morgan fingerprint density at radius 1 is 1.05 bits per heavy atom. The topological polar surface area (TPSA) is 29.1 Å². The minimum atomic E-state index is -0.103. The molecule has 0 spiro atoms. The van der Waals surface area contributed by atoms with E-state index in [0.717, 1.165) is 29.0 Å². The van der Waals surface area contributed by atoms with E-state index in [1.54, 1.807) is 18.2 Å². The summed E-state index contributed by atoms with van der Waals surface area (Å²) in [6, 6.07) is 15.1. The second kappa shape index (κ2) is 8.62. The maximum Gasteiger partial charge on any atom is 0.243 e. The van der Waals surface area contributed by atoms with Gasteiger partial charge in [0.05, 0.1) is 0 Å². The molecule has 1 N–H and O–H groups in total. The molecule has 0 saturated carbocycles. The number of benzene rings is 2. The van der Waals surface area contributed by atoms with Crippen LogP contribution in [0.3, 0.4) is 0 Å².